The van der Waals surface area contributed by atoms with E-state index in [1.165, 1.54) is 0 Å². The first-order valence-electron chi connectivity index (χ1n) is 8.01. The topological polar surface area (TPSA) is 79.0 Å². The van der Waals surface area contributed by atoms with Gasteiger partial charge in [0.2, 0.25) is 0 Å². The minimum Gasteiger partial charge on any atom is -0.469 e. The van der Waals surface area contributed by atoms with Gasteiger partial charge in [-0.3, -0.25) is 4.99 Å². The smallest absolute Gasteiger partial charge is 0.191 e. The Morgan fingerprint density at radius 3 is 2.77 bits per heavy atom. The number of guanidine groups is 1. The van der Waals surface area contributed by atoms with Crippen molar-refractivity contribution < 1.29 is 14.3 Å². The predicted molar refractivity (Wildman–Crippen MR) is 88.1 cm³/mol. The number of nitrogens with one attached hydrogen (secondary N) is 2. The maximum absolute atomic E-state index is 8.74. The van der Waals surface area contributed by atoms with Gasteiger partial charge in [0.15, 0.2) is 5.96 Å². The third kappa shape index (κ3) is 9.41. The van der Waals surface area contributed by atoms with E-state index in [-0.39, 0.29) is 6.61 Å². The molecule has 0 bridgehead atoms. The maximum Gasteiger partial charge on any atom is 0.191 e. The highest BCUT2D eigenvalue weighted by Gasteiger charge is 2.00. The highest BCUT2D eigenvalue weighted by molar-refractivity contribution is 5.79. The summed E-state index contributed by atoms with van der Waals surface area (Å²) in [7, 11) is 1.68. The van der Waals surface area contributed by atoms with Crippen LogP contribution < -0.4 is 10.6 Å². The van der Waals surface area contributed by atoms with Crippen molar-refractivity contribution in [2.45, 2.75) is 32.1 Å². The SMILES string of the molecule is COCCNC(=NCCCCCCO)NCCc1ccco1. The second kappa shape index (κ2) is 13.2. The molecule has 0 aliphatic heterocycles. The van der Waals surface area contributed by atoms with Crippen LogP contribution in [0.15, 0.2) is 27.8 Å². The molecule has 1 heterocycles. The molecule has 0 saturated heterocycles. The fourth-order valence-corrected chi connectivity index (χ4v) is 1.97. The molecule has 0 radical (unpaired) electrons. The first-order chi connectivity index (χ1) is 10.9. The first-order valence-corrected chi connectivity index (χ1v) is 8.01. The van der Waals surface area contributed by atoms with Crippen LogP contribution in [-0.4, -0.2) is 51.0 Å². The summed E-state index contributed by atoms with van der Waals surface area (Å²) in [5, 5.41) is 15.3. The van der Waals surface area contributed by atoms with Gasteiger partial charge in [0.25, 0.3) is 0 Å². The van der Waals surface area contributed by atoms with Crippen LogP contribution in [0, 0.1) is 0 Å². The van der Waals surface area contributed by atoms with Crippen LogP contribution in [0.25, 0.3) is 0 Å². The number of hydrogen-bond donors (Lipinski definition) is 3. The average molecular weight is 311 g/mol. The summed E-state index contributed by atoms with van der Waals surface area (Å²) in [6, 6.07) is 3.87. The average Bonchev–Trinajstić information content (AvgIpc) is 3.03. The minimum atomic E-state index is 0.279. The summed E-state index contributed by atoms with van der Waals surface area (Å²) in [6.07, 6.45) is 6.59. The fraction of sp³-hybridized carbons (Fsp3) is 0.688. The molecule has 3 N–H and O–H groups in total. The van der Waals surface area contributed by atoms with Gasteiger partial charge in [0.05, 0.1) is 12.9 Å². The number of aliphatic hydroxyl groups excluding tert-OH is 1. The van der Waals surface area contributed by atoms with E-state index in [1.807, 2.05) is 12.1 Å². The van der Waals surface area contributed by atoms with Gasteiger partial charge in [-0.05, 0) is 25.0 Å². The van der Waals surface area contributed by atoms with Crippen molar-refractivity contribution in [1.29, 1.82) is 0 Å². The number of furan rings is 1. The zero-order valence-corrected chi connectivity index (χ0v) is 13.5. The van der Waals surface area contributed by atoms with Gasteiger partial charge >= 0.3 is 0 Å². The van der Waals surface area contributed by atoms with Gasteiger partial charge in [-0.2, -0.15) is 0 Å². The standard InChI is InChI=1S/C16H29N3O3/c1-21-14-11-19-16(17-9-4-2-3-5-12-20)18-10-8-15-7-6-13-22-15/h6-7,13,20H,2-5,8-12,14H2,1H3,(H2,17,18,19). The van der Waals surface area contributed by atoms with Crippen molar-refractivity contribution in [2.75, 3.05) is 40.0 Å². The fourth-order valence-electron chi connectivity index (χ4n) is 1.97. The summed E-state index contributed by atoms with van der Waals surface area (Å²) in [5.74, 6) is 1.78. The zero-order valence-electron chi connectivity index (χ0n) is 13.5. The van der Waals surface area contributed by atoms with Crippen molar-refractivity contribution in [3.05, 3.63) is 24.2 Å². The lowest BCUT2D eigenvalue weighted by atomic mass is 10.2. The van der Waals surface area contributed by atoms with E-state index in [0.29, 0.717) is 6.61 Å². The Balaban J connectivity index is 2.24. The Bertz CT molecular complexity index is 380. The molecule has 0 aromatic carbocycles. The summed E-state index contributed by atoms with van der Waals surface area (Å²) >= 11 is 0. The molecule has 0 unspecified atom stereocenters. The number of methoxy groups -OCH3 is 1. The van der Waals surface area contributed by atoms with E-state index in [9.17, 15) is 0 Å². The zero-order chi connectivity index (χ0) is 15.9. The molecule has 6 heteroatoms. The number of aliphatic hydroxyl groups is 1. The quantitative estimate of drug-likeness (QED) is 0.310. The Kier molecular flexibility index (Phi) is 11.1. The Labute approximate surface area is 133 Å². The van der Waals surface area contributed by atoms with Crippen LogP contribution in [0.2, 0.25) is 0 Å². The van der Waals surface area contributed by atoms with E-state index < -0.39 is 0 Å². The van der Waals surface area contributed by atoms with Crippen LogP contribution in [0.1, 0.15) is 31.4 Å². The number of unbranched alkanes of at least 4 members (excludes halogenated alkanes) is 3. The van der Waals surface area contributed by atoms with E-state index in [0.717, 1.165) is 63.5 Å². The molecule has 0 aliphatic rings. The molecule has 0 saturated carbocycles. The van der Waals surface area contributed by atoms with Crippen LogP contribution >= 0.6 is 0 Å². The molecule has 22 heavy (non-hydrogen) atoms. The predicted octanol–water partition coefficient (Wildman–Crippen LogP) is 1.56. The number of hydrogen-bond acceptors (Lipinski definition) is 4. The molecule has 0 aliphatic carbocycles. The Morgan fingerprint density at radius 1 is 1.23 bits per heavy atom. The molecule has 6 nitrogen and oxygen atoms in total. The van der Waals surface area contributed by atoms with E-state index in [2.05, 4.69) is 15.6 Å². The van der Waals surface area contributed by atoms with Crippen molar-refractivity contribution >= 4 is 5.96 Å². The molecule has 0 fully saturated rings. The lowest BCUT2D eigenvalue weighted by molar-refractivity contribution is 0.203. The molecule has 1 aromatic heterocycles. The van der Waals surface area contributed by atoms with E-state index in [4.69, 9.17) is 14.3 Å². The minimum absolute atomic E-state index is 0.279. The van der Waals surface area contributed by atoms with Crippen LogP contribution in [0.3, 0.4) is 0 Å². The monoisotopic (exact) mass is 311 g/mol. The highest BCUT2D eigenvalue weighted by Crippen LogP contribution is 2.00. The van der Waals surface area contributed by atoms with E-state index in [1.54, 1.807) is 13.4 Å². The van der Waals surface area contributed by atoms with Gasteiger partial charge in [-0.15, -0.1) is 0 Å². The summed E-state index contributed by atoms with van der Waals surface area (Å²) in [5.41, 5.74) is 0. The van der Waals surface area contributed by atoms with Crippen LogP contribution in [-0.2, 0) is 11.2 Å². The molecule has 0 amide bonds. The highest BCUT2D eigenvalue weighted by atomic mass is 16.5. The maximum atomic E-state index is 8.74. The third-order valence-corrected chi connectivity index (χ3v) is 3.18. The van der Waals surface area contributed by atoms with Crippen molar-refractivity contribution in [1.82, 2.24) is 10.6 Å². The lowest BCUT2D eigenvalue weighted by Crippen LogP contribution is -2.40. The van der Waals surface area contributed by atoms with Crippen LogP contribution in [0.5, 0.6) is 0 Å². The van der Waals surface area contributed by atoms with Gasteiger partial charge in [-0.25, -0.2) is 0 Å². The van der Waals surface area contributed by atoms with Crippen molar-refractivity contribution in [3.63, 3.8) is 0 Å². The number of aliphatic imine (C=N–C) groups is 1. The van der Waals surface area contributed by atoms with Gasteiger partial charge < -0.3 is 24.9 Å². The summed E-state index contributed by atoms with van der Waals surface area (Å²) in [6.45, 7) is 3.22. The normalized spacial score (nSPS) is 11.6. The second-order valence-electron chi connectivity index (χ2n) is 5.04. The molecule has 1 rings (SSSR count). The van der Waals surface area contributed by atoms with Gasteiger partial charge in [0.1, 0.15) is 5.76 Å². The molecular formula is C16H29N3O3. The van der Waals surface area contributed by atoms with Crippen molar-refractivity contribution in [2.24, 2.45) is 4.99 Å². The van der Waals surface area contributed by atoms with Crippen LogP contribution in [0.4, 0.5) is 0 Å². The number of rotatable bonds is 12. The summed E-state index contributed by atoms with van der Waals surface area (Å²) < 4.78 is 10.4. The molecule has 0 atom stereocenters. The molecule has 1 aromatic rings. The molecule has 126 valence electrons. The largest absolute Gasteiger partial charge is 0.469 e. The Hall–Kier alpha value is -1.53. The summed E-state index contributed by atoms with van der Waals surface area (Å²) in [4.78, 5) is 4.56. The lowest BCUT2D eigenvalue weighted by Gasteiger charge is -2.12. The van der Waals surface area contributed by atoms with Gasteiger partial charge in [-0.1, -0.05) is 12.8 Å². The van der Waals surface area contributed by atoms with Crippen molar-refractivity contribution in [3.8, 4) is 0 Å². The molecule has 0 spiro atoms. The number of ether oxygens (including phenoxy) is 1. The number of nitrogens with zero attached hydrogens (tertiary/aromatic N) is 1. The third-order valence-electron chi connectivity index (χ3n) is 3.18. The first kappa shape index (κ1) is 18.5. The Morgan fingerprint density at radius 2 is 2.05 bits per heavy atom. The molecular weight excluding hydrogens is 282 g/mol. The van der Waals surface area contributed by atoms with E-state index >= 15 is 0 Å². The second-order valence-corrected chi connectivity index (χ2v) is 5.04. The van der Waals surface area contributed by atoms with Gasteiger partial charge in [0, 0.05) is 39.8 Å².